The predicted molar refractivity (Wildman–Crippen MR) is 75.1 cm³/mol. The molecule has 1 aliphatic heterocycles. The Hall–Kier alpha value is -0.650. The van der Waals surface area contributed by atoms with Crippen LogP contribution in [-0.4, -0.2) is 61.8 Å². The average molecular weight is 269 g/mol. The van der Waals surface area contributed by atoms with Crippen LogP contribution < -0.4 is 10.6 Å². The number of carbonyl (C=O) groups excluding carboxylic acids is 1. The van der Waals surface area contributed by atoms with E-state index in [1.807, 2.05) is 7.05 Å². The highest BCUT2D eigenvalue weighted by atomic mass is 16.5. The molecule has 1 amide bonds. The van der Waals surface area contributed by atoms with E-state index in [9.17, 15) is 4.79 Å². The predicted octanol–water partition coefficient (Wildman–Crippen LogP) is 0.356. The van der Waals surface area contributed by atoms with Crippen LogP contribution in [0.15, 0.2) is 0 Å². The van der Waals surface area contributed by atoms with Gasteiger partial charge in [-0.15, -0.1) is 0 Å². The molecule has 1 aliphatic carbocycles. The maximum atomic E-state index is 12.1. The summed E-state index contributed by atoms with van der Waals surface area (Å²) in [5.74, 6) is 0.161. The van der Waals surface area contributed by atoms with Gasteiger partial charge in [0, 0.05) is 26.2 Å². The number of nitrogens with one attached hydrogen (secondary N) is 2. The Balaban J connectivity index is 1.70. The number of nitrogens with zero attached hydrogens (tertiary/aromatic N) is 1. The topological polar surface area (TPSA) is 53.6 Å². The quantitative estimate of drug-likeness (QED) is 0.756. The van der Waals surface area contributed by atoms with Crippen molar-refractivity contribution < 1.29 is 9.53 Å². The van der Waals surface area contributed by atoms with Crippen molar-refractivity contribution >= 4 is 5.91 Å². The summed E-state index contributed by atoms with van der Waals surface area (Å²) in [6.07, 6.45) is 3.06. The van der Waals surface area contributed by atoms with Crippen molar-refractivity contribution in [2.24, 2.45) is 0 Å². The van der Waals surface area contributed by atoms with E-state index in [1.165, 1.54) is 0 Å². The van der Waals surface area contributed by atoms with E-state index < -0.39 is 0 Å². The third-order valence-corrected chi connectivity index (χ3v) is 4.34. The summed E-state index contributed by atoms with van der Waals surface area (Å²) in [7, 11) is 1.88. The van der Waals surface area contributed by atoms with Crippen LogP contribution in [0, 0.1) is 0 Å². The highest BCUT2D eigenvalue weighted by molar-refractivity contribution is 5.87. The maximum absolute atomic E-state index is 12.1. The Morgan fingerprint density at radius 2 is 2.11 bits per heavy atom. The molecule has 0 bridgehead atoms. The third-order valence-electron chi connectivity index (χ3n) is 4.34. The molecule has 110 valence electrons. The Labute approximate surface area is 116 Å². The molecule has 5 nitrogen and oxygen atoms in total. The average Bonchev–Trinajstić information content (AvgIpc) is 2.27. The van der Waals surface area contributed by atoms with E-state index in [4.69, 9.17) is 4.74 Å². The Morgan fingerprint density at radius 3 is 2.63 bits per heavy atom. The second-order valence-electron chi connectivity index (χ2n) is 6.33. The number of morpholine rings is 1. The van der Waals surface area contributed by atoms with Crippen molar-refractivity contribution in [1.82, 2.24) is 15.5 Å². The zero-order valence-corrected chi connectivity index (χ0v) is 12.4. The summed E-state index contributed by atoms with van der Waals surface area (Å²) < 4.78 is 5.68. The number of rotatable bonds is 5. The fraction of sp³-hybridized carbons (Fsp3) is 0.929. The molecule has 5 heteroatoms. The van der Waals surface area contributed by atoms with Crippen molar-refractivity contribution in [3.05, 3.63) is 0 Å². The fourth-order valence-electron chi connectivity index (χ4n) is 2.92. The zero-order chi connectivity index (χ0) is 13.9. The molecule has 2 fully saturated rings. The molecule has 1 saturated carbocycles. The molecular formula is C14H27N3O2. The number of carbonyl (C=O) groups is 1. The van der Waals surface area contributed by atoms with Crippen molar-refractivity contribution in [2.45, 2.75) is 44.2 Å². The van der Waals surface area contributed by atoms with Crippen LogP contribution in [0.1, 0.15) is 33.1 Å². The van der Waals surface area contributed by atoms with Crippen molar-refractivity contribution in [3.8, 4) is 0 Å². The Kier molecular flexibility index (Phi) is 4.48. The summed E-state index contributed by atoms with van der Waals surface area (Å²) in [5.41, 5.74) is -0.354. The van der Waals surface area contributed by atoms with Gasteiger partial charge in [0.15, 0.2) is 0 Å². The van der Waals surface area contributed by atoms with E-state index in [0.29, 0.717) is 0 Å². The van der Waals surface area contributed by atoms with Gasteiger partial charge in [-0.2, -0.15) is 0 Å². The van der Waals surface area contributed by atoms with E-state index in [1.54, 1.807) is 0 Å². The first kappa shape index (κ1) is 14.8. The summed E-state index contributed by atoms with van der Waals surface area (Å²) >= 11 is 0. The van der Waals surface area contributed by atoms with Crippen LogP contribution in [0.5, 0.6) is 0 Å². The largest absolute Gasteiger partial charge is 0.373 e. The van der Waals surface area contributed by atoms with Crippen molar-refractivity contribution in [2.75, 3.05) is 39.8 Å². The van der Waals surface area contributed by atoms with Gasteiger partial charge in [0.05, 0.1) is 17.7 Å². The van der Waals surface area contributed by atoms with Crippen molar-refractivity contribution in [1.29, 1.82) is 0 Å². The van der Waals surface area contributed by atoms with E-state index in [0.717, 1.165) is 52.0 Å². The molecule has 1 heterocycles. The lowest BCUT2D eigenvalue weighted by Gasteiger charge is -2.40. The molecule has 2 N–H and O–H groups in total. The summed E-state index contributed by atoms with van der Waals surface area (Å²) in [4.78, 5) is 14.5. The smallest absolute Gasteiger partial charge is 0.240 e. The van der Waals surface area contributed by atoms with Crippen LogP contribution in [0.4, 0.5) is 0 Å². The minimum Gasteiger partial charge on any atom is -0.373 e. The van der Waals surface area contributed by atoms with Gasteiger partial charge < -0.3 is 15.4 Å². The normalized spacial score (nSPS) is 25.6. The van der Waals surface area contributed by atoms with Gasteiger partial charge in [-0.05, 0) is 40.2 Å². The van der Waals surface area contributed by atoms with Gasteiger partial charge in [0.1, 0.15) is 0 Å². The lowest BCUT2D eigenvalue weighted by atomic mass is 9.76. The SMILES string of the molecule is CNC1(C(=O)NCCN2CCOC(C)(C)C2)CCC1. The van der Waals surface area contributed by atoms with Gasteiger partial charge in [-0.1, -0.05) is 0 Å². The van der Waals surface area contributed by atoms with E-state index in [2.05, 4.69) is 29.4 Å². The molecule has 0 aromatic heterocycles. The fourth-order valence-corrected chi connectivity index (χ4v) is 2.92. The molecule has 0 atom stereocenters. The number of amides is 1. The molecule has 0 aromatic carbocycles. The van der Waals surface area contributed by atoms with Gasteiger partial charge in [0.25, 0.3) is 0 Å². The molecule has 19 heavy (non-hydrogen) atoms. The number of hydrogen-bond acceptors (Lipinski definition) is 4. The number of hydrogen-bond donors (Lipinski definition) is 2. The van der Waals surface area contributed by atoms with Crippen LogP contribution in [0.25, 0.3) is 0 Å². The molecule has 0 spiro atoms. The highest BCUT2D eigenvalue weighted by Gasteiger charge is 2.42. The highest BCUT2D eigenvalue weighted by Crippen LogP contribution is 2.31. The molecule has 0 unspecified atom stereocenters. The molecule has 2 aliphatic rings. The molecular weight excluding hydrogens is 242 g/mol. The summed E-state index contributed by atoms with van der Waals surface area (Å²) in [6, 6.07) is 0. The van der Waals surface area contributed by atoms with Crippen molar-refractivity contribution in [3.63, 3.8) is 0 Å². The minimum atomic E-state index is -0.287. The Bertz CT molecular complexity index is 321. The molecule has 0 aromatic rings. The minimum absolute atomic E-state index is 0.0670. The first-order valence-electron chi connectivity index (χ1n) is 7.31. The lowest BCUT2D eigenvalue weighted by molar-refractivity contribution is -0.131. The van der Waals surface area contributed by atoms with E-state index >= 15 is 0 Å². The second kappa shape index (κ2) is 5.77. The maximum Gasteiger partial charge on any atom is 0.240 e. The van der Waals surface area contributed by atoms with Gasteiger partial charge in [0.2, 0.25) is 5.91 Å². The third kappa shape index (κ3) is 3.46. The molecule has 1 saturated heterocycles. The second-order valence-corrected chi connectivity index (χ2v) is 6.33. The monoisotopic (exact) mass is 269 g/mol. The number of likely N-dealkylation sites (N-methyl/N-ethyl adjacent to an activating group) is 1. The van der Waals surface area contributed by atoms with Crippen LogP contribution in [0.3, 0.4) is 0 Å². The van der Waals surface area contributed by atoms with Gasteiger partial charge in [-0.3, -0.25) is 9.69 Å². The van der Waals surface area contributed by atoms with Gasteiger partial charge in [-0.25, -0.2) is 0 Å². The van der Waals surface area contributed by atoms with Gasteiger partial charge >= 0.3 is 0 Å². The van der Waals surface area contributed by atoms with Crippen LogP contribution in [0.2, 0.25) is 0 Å². The Morgan fingerprint density at radius 1 is 1.37 bits per heavy atom. The van der Waals surface area contributed by atoms with E-state index in [-0.39, 0.29) is 17.0 Å². The molecule has 2 rings (SSSR count). The molecule has 0 radical (unpaired) electrons. The lowest BCUT2D eigenvalue weighted by Crippen LogP contribution is -2.60. The first-order valence-corrected chi connectivity index (χ1v) is 7.31. The summed E-state index contributed by atoms with van der Waals surface area (Å²) in [5, 5.41) is 6.24. The summed E-state index contributed by atoms with van der Waals surface area (Å²) in [6.45, 7) is 8.51. The first-order chi connectivity index (χ1) is 8.97. The number of ether oxygens (including phenoxy) is 1. The van der Waals surface area contributed by atoms with Crippen LogP contribution >= 0.6 is 0 Å². The standard InChI is InChI=1S/C14H27N3O2/c1-13(2)11-17(9-10-19-13)8-7-16-12(18)14(15-3)5-4-6-14/h15H,4-11H2,1-3H3,(H,16,18). The zero-order valence-electron chi connectivity index (χ0n) is 12.4. The van der Waals surface area contributed by atoms with Crippen LogP contribution in [-0.2, 0) is 9.53 Å².